The lowest BCUT2D eigenvalue weighted by Crippen LogP contribution is -2.60. The Balaban J connectivity index is 2.40. The zero-order valence-corrected chi connectivity index (χ0v) is 35.6. The van der Waals surface area contributed by atoms with Crippen LogP contribution in [0.25, 0.3) is 0 Å². The van der Waals surface area contributed by atoms with Crippen molar-refractivity contribution in [1.82, 2.24) is 5.32 Å². The molecule has 1 heterocycles. The molecule has 1 aliphatic heterocycles. The van der Waals surface area contributed by atoms with E-state index >= 15 is 0 Å². The first-order valence-electron chi connectivity index (χ1n) is 22.3. The fourth-order valence-electron chi connectivity index (χ4n) is 6.37. The Hall–Kier alpha value is -2.63. The number of hydrogen-bond acceptors (Lipinski definition) is 8. The summed E-state index contributed by atoms with van der Waals surface area (Å²) in [6.07, 6.45) is 44.8. The first-order valence-corrected chi connectivity index (χ1v) is 22.3. The van der Waals surface area contributed by atoms with Crippen molar-refractivity contribution in [3.63, 3.8) is 0 Å². The smallest absolute Gasteiger partial charge is 0.220 e. The van der Waals surface area contributed by atoms with E-state index in [0.717, 1.165) is 89.9 Å². The molecule has 7 unspecified atom stereocenters. The van der Waals surface area contributed by atoms with E-state index < -0.39 is 49.5 Å². The summed E-state index contributed by atoms with van der Waals surface area (Å²) in [4.78, 5) is 12.9. The molecule has 0 aromatic heterocycles. The van der Waals surface area contributed by atoms with Crippen LogP contribution in [0.3, 0.4) is 0 Å². The molecule has 326 valence electrons. The van der Waals surface area contributed by atoms with Crippen LogP contribution in [0.1, 0.15) is 155 Å². The van der Waals surface area contributed by atoms with Crippen molar-refractivity contribution >= 4 is 5.91 Å². The number of aliphatic hydroxyl groups excluding tert-OH is 5. The molecule has 6 N–H and O–H groups in total. The minimum Gasteiger partial charge on any atom is -0.394 e. The van der Waals surface area contributed by atoms with Crippen LogP contribution in [-0.4, -0.2) is 87.5 Å². The fraction of sp³-hybridized carbons (Fsp3) is 0.688. The number of hydrogen-bond donors (Lipinski definition) is 6. The van der Waals surface area contributed by atoms with Crippen LogP contribution in [0, 0.1) is 0 Å². The van der Waals surface area contributed by atoms with Crippen molar-refractivity contribution in [2.24, 2.45) is 0 Å². The van der Waals surface area contributed by atoms with Gasteiger partial charge >= 0.3 is 0 Å². The Morgan fingerprint density at radius 1 is 0.614 bits per heavy atom. The molecule has 9 nitrogen and oxygen atoms in total. The molecule has 0 aromatic carbocycles. The van der Waals surface area contributed by atoms with Gasteiger partial charge in [0.15, 0.2) is 6.29 Å². The van der Waals surface area contributed by atoms with Gasteiger partial charge in [0.1, 0.15) is 24.4 Å². The van der Waals surface area contributed by atoms with Crippen LogP contribution in [0.2, 0.25) is 0 Å². The standard InChI is InChI=1S/C48H81NO8/c1-3-5-7-9-11-13-15-17-18-19-20-21-22-23-24-26-28-30-32-34-36-38-44(52)49-41(40-56-48-47(55)46(54)45(53)43(39-50)57-48)42(51)37-35-33-31-29-27-25-16-14-12-10-8-6-4-2/h5,7,11,13,17-18,20-21,23-24,27,29,35,37,41-43,45-48,50-51,53-55H,3-4,6,8-10,12,14-16,19,22,25-26,28,30-34,36,38-40H2,1-2H3,(H,49,52)/b7-5-,13-11-,18-17-,21-20-,24-23-,29-27+,37-35+. The second kappa shape index (κ2) is 37.6. The predicted octanol–water partition coefficient (Wildman–Crippen LogP) is 9.16. The van der Waals surface area contributed by atoms with Crippen molar-refractivity contribution in [2.75, 3.05) is 13.2 Å². The molecule has 1 aliphatic rings. The first-order chi connectivity index (χ1) is 27.8. The third-order valence-electron chi connectivity index (χ3n) is 9.95. The van der Waals surface area contributed by atoms with Gasteiger partial charge in [-0.1, -0.05) is 157 Å². The highest BCUT2D eigenvalue weighted by Crippen LogP contribution is 2.22. The van der Waals surface area contributed by atoms with E-state index in [1.807, 2.05) is 6.08 Å². The molecule has 0 saturated carbocycles. The van der Waals surface area contributed by atoms with E-state index in [-0.39, 0.29) is 12.5 Å². The number of carbonyl (C=O) groups is 1. The molecule has 1 fully saturated rings. The van der Waals surface area contributed by atoms with Gasteiger partial charge in [0, 0.05) is 6.42 Å². The highest BCUT2D eigenvalue weighted by Gasteiger charge is 2.44. The maximum atomic E-state index is 12.9. The van der Waals surface area contributed by atoms with Crippen LogP contribution in [0.5, 0.6) is 0 Å². The third kappa shape index (κ3) is 28.4. The van der Waals surface area contributed by atoms with Crippen LogP contribution in [0.4, 0.5) is 0 Å². The minimum absolute atomic E-state index is 0.211. The van der Waals surface area contributed by atoms with Crippen LogP contribution in [-0.2, 0) is 14.3 Å². The van der Waals surface area contributed by atoms with E-state index in [0.29, 0.717) is 6.42 Å². The molecule has 0 bridgehead atoms. The fourth-order valence-corrected chi connectivity index (χ4v) is 6.37. The van der Waals surface area contributed by atoms with Crippen molar-refractivity contribution < 1.29 is 39.8 Å². The zero-order chi connectivity index (χ0) is 41.6. The van der Waals surface area contributed by atoms with E-state index in [1.54, 1.807) is 6.08 Å². The van der Waals surface area contributed by atoms with Gasteiger partial charge in [-0.2, -0.15) is 0 Å². The van der Waals surface area contributed by atoms with Crippen molar-refractivity contribution in [3.05, 3.63) is 85.1 Å². The molecule has 9 heteroatoms. The molecule has 57 heavy (non-hydrogen) atoms. The molecule has 1 rings (SSSR count). The summed E-state index contributed by atoms with van der Waals surface area (Å²) in [7, 11) is 0. The quantitative estimate of drug-likeness (QED) is 0.0275. The summed E-state index contributed by atoms with van der Waals surface area (Å²) in [5.74, 6) is -0.211. The Morgan fingerprint density at radius 3 is 1.68 bits per heavy atom. The molecule has 1 amide bonds. The number of rotatable bonds is 35. The van der Waals surface area contributed by atoms with Crippen LogP contribution >= 0.6 is 0 Å². The van der Waals surface area contributed by atoms with Crippen LogP contribution in [0.15, 0.2) is 85.1 Å². The Morgan fingerprint density at radius 2 is 1.11 bits per heavy atom. The second-order valence-electron chi connectivity index (χ2n) is 15.1. The van der Waals surface area contributed by atoms with Crippen molar-refractivity contribution in [2.45, 2.75) is 198 Å². The van der Waals surface area contributed by atoms with E-state index in [2.05, 4.69) is 92.1 Å². The summed E-state index contributed by atoms with van der Waals surface area (Å²) in [5, 5.41) is 54.1. The highest BCUT2D eigenvalue weighted by atomic mass is 16.7. The topological polar surface area (TPSA) is 149 Å². The molecule has 0 radical (unpaired) electrons. The van der Waals surface area contributed by atoms with Gasteiger partial charge in [-0.05, 0) is 77.0 Å². The molecular formula is C48H81NO8. The molecular weight excluding hydrogens is 719 g/mol. The van der Waals surface area contributed by atoms with Crippen molar-refractivity contribution in [1.29, 1.82) is 0 Å². The number of ether oxygens (including phenoxy) is 2. The maximum absolute atomic E-state index is 12.9. The summed E-state index contributed by atoms with van der Waals surface area (Å²) < 4.78 is 11.2. The number of aliphatic hydroxyl groups is 5. The van der Waals surface area contributed by atoms with Gasteiger partial charge < -0.3 is 40.3 Å². The summed E-state index contributed by atoms with van der Waals surface area (Å²) >= 11 is 0. The summed E-state index contributed by atoms with van der Waals surface area (Å²) in [6.45, 7) is 3.59. The van der Waals surface area contributed by atoms with Gasteiger partial charge in [-0.15, -0.1) is 0 Å². The lowest BCUT2D eigenvalue weighted by atomic mass is 9.99. The Kier molecular flexibility index (Phi) is 34.6. The SMILES string of the molecule is CC/C=C\C/C=C\C/C=C\C/C=C\C/C=C\CCCCCCCC(=O)NC(COC1OC(CO)C(O)C(O)C1O)C(O)/C=C/CC/C=C/CCCCCCCCC. The van der Waals surface area contributed by atoms with E-state index in [4.69, 9.17) is 9.47 Å². The normalized spacial score (nSPS) is 21.8. The maximum Gasteiger partial charge on any atom is 0.220 e. The minimum atomic E-state index is -1.58. The molecule has 0 aromatic rings. The van der Waals surface area contributed by atoms with Gasteiger partial charge in [-0.3, -0.25) is 4.79 Å². The Bertz CT molecular complexity index is 1160. The molecule has 0 spiro atoms. The highest BCUT2D eigenvalue weighted by molar-refractivity contribution is 5.76. The average molecular weight is 800 g/mol. The molecule has 0 aliphatic carbocycles. The van der Waals surface area contributed by atoms with Gasteiger partial charge in [0.05, 0.1) is 25.4 Å². The number of carbonyl (C=O) groups excluding carboxylic acids is 1. The first kappa shape index (κ1) is 52.4. The van der Waals surface area contributed by atoms with Gasteiger partial charge in [0.25, 0.3) is 0 Å². The summed E-state index contributed by atoms with van der Waals surface area (Å²) in [6, 6.07) is -0.836. The van der Waals surface area contributed by atoms with Crippen LogP contribution < -0.4 is 5.32 Å². The average Bonchev–Trinajstić information content (AvgIpc) is 3.21. The van der Waals surface area contributed by atoms with Gasteiger partial charge in [0.2, 0.25) is 5.91 Å². The van der Waals surface area contributed by atoms with Crippen molar-refractivity contribution in [3.8, 4) is 0 Å². The largest absolute Gasteiger partial charge is 0.394 e. The third-order valence-corrected chi connectivity index (χ3v) is 9.95. The monoisotopic (exact) mass is 800 g/mol. The lowest BCUT2D eigenvalue weighted by molar-refractivity contribution is -0.302. The summed E-state index contributed by atoms with van der Waals surface area (Å²) in [5.41, 5.74) is 0. The van der Waals surface area contributed by atoms with E-state index in [9.17, 15) is 30.3 Å². The molecule has 1 saturated heterocycles. The Labute approximate surface area is 346 Å². The van der Waals surface area contributed by atoms with Gasteiger partial charge in [-0.25, -0.2) is 0 Å². The number of allylic oxidation sites excluding steroid dienone is 13. The lowest BCUT2D eigenvalue weighted by Gasteiger charge is -2.40. The zero-order valence-electron chi connectivity index (χ0n) is 35.6. The number of nitrogens with one attached hydrogen (secondary N) is 1. The predicted molar refractivity (Wildman–Crippen MR) is 235 cm³/mol. The molecule has 7 atom stereocenters. The van der Waals surface area contributed by atoms with E-state index in [1.165, 1.54) is 44.9 Å². The second-order valence-corrected chi connectivity index (χ2v) is 15.1. The number of unbranched alkanes of at least 4 members (excludes halogenated alkanes) is 13. The number of amides is 1.